The zero-order valence-electron chi connectivity index (χ0n) is 17.7. The van der Waals surface area contributed by atoms with E-state index in [9.17, 15) is 14.9 Å². The number of hydrogen-bond acceptors (Lipinski definition) is 7. The maximum absolute atomic E-state index is 12.8. The zero-order chi connectivity index (χ0) is 22.9. The molecule has 1 aliphatic rings. The Morgan fingerprint density at radius 2 is 1.94 bits per heavy atom. The highest BCUT2D eigenvalue weighted by molar-refractivity contribution is 5.61. The third-order valence-electron chi connectivity index (χ3n) is 5.71. The molecule has 0 amide bonds. The van der Waals surface area contributed by atoms with Crippen molar-refractivity contribution in [2.24, 2.45) is 0 Å². The van der Waals surface area contributed by atoms with Crippen molar-refractivity contribution in [3.05, 3.63) is 98.1 Å². The molecule has 0 saturated carbocycles. The highest BCUT2D eigenvalue weighted by Gasteiger charge is 2.22. The highest BCUT2D eigenvalue weighted by Crippen LogP contribution is 2.27. The van der Waals surface area contributed by atoms with Crippen LogP contribution in [0.5, 0.6) is 0 Å². The number of aromatic nitrogens is 2. The zero-order valence-corrected chi connectivity index (χ0v) is 17.7. The molecule has 9 nitrogen and oxygen atoms in total. The molecule has 3 N–H and O–H groups in total. The van der Waals surface area contributed by atoms with Crippen LogP contribution in [0, 0.1) is 10.1 Å². The first kappa shape index (κ1) is 20.7. The molecule has 33 heavy (non-hydrogen) atoms. The fourth-order valence-corrected chi connectivity index (χ4v) is 4.00. The first-order chi connectivity index (χ1) is 16.0. The van der Waals surface area contributed by atoms with E-state index >= 15 is 0 Å². The summed E-state index contributed by atoms with van der Waals surface area (Å²) in [6.45, 7) is 1.72. The summed E-state index contributed by atoms with van der Waals surface area (Å²) in [5, 5.41) is 11.0. The van der Waals surface area contributed by atoms with Gasteiger partial charge in [0.05, 0.1) is 22.7 Å². The Morgan fingerprint density at radius 3 is 2.73 bits per heavy atom. The van der Waals surface area contributed by atoms with Gasteiger partial charge in [0.25, 0.3) is 11.2 Å². The predicted molar refractivity (Wildman–Crippen MR) is 123 cm³/mol. The van der Waals surface area contributed by atoms with E-state index in [1.54, 1.807) is 30.3 Å². The number of fused-ring (bicyclic) bond motifs is 1. The Kier molecular flexibility index (Phi) is 5.23. The Hall–Kier alpha value is -4.24. The summed E-state index contributed by atoms with van der Waals surface area (Å²) in [4.78, 5) is 33.1. The second-order valence-corrected chi connectivity index (χ2v) is 8.00. The van der Waals surface area contributed by atoms with Gasteiger partial charge in [-0.15, -0.1) is 0 Å². The van der Waals surface area contributed by atoms with E-state index in [0.717, 1.165) is 23.6 Å². The van der Waals surface area contributed by atoms with Crippen LogP contribution in [-0.4, -0.2) is 26.3 Å². The average Bonchev–Trinajstić information content (AvgIpc) is 3.28. The number of hydrogen-bond donors (Lipinski definition) is 2. The van der Waals surface area contributed by atoms with Crippen LogP contribution in [0.25, 0.3) is 22.7 Å². The summed E-state index contributed by atoms with van der Waals surface area (Å²) in [5.74, 6) is 1.83. The molecule has 4 aromatic rings. The molecule has 1 aliphatic heterocycles. The number of nitrogens with zero attached hydrogens (tertiary/aromatic N) is 3. The number of anilines is 1. The number of non-ortho nitro benzene ring substituents is 1. The number of nitrogens with one attached hydrogen (secondary N) is 1. The molecule has 9 heteroatoms. The van der Waals surface area contributed by atoms with Crippen LogP contribution in [0.15, 0.2) is 69.9 Å². The summed E-state index contributed by atoms with van der Waals surface area (Å²) in [6, 6.07) is 17.2. The monoisotopic (exact) mass is 443 g/mol. The molecule has 2 aromatic heterocycles. The number of nitro groups is 1. The molecular weight excluding hydrogens is 422 g/mol. The average molecular weight is 443 g/mol. The van der Waals surface area contributed by atoms with Gasteiger partial charge in [0.2, 0.25) is 0 Å². The first-order valence-corrected chi connectivity index (χ1v) is 10.5. The van der Waals surface area contributed by atoms with Crippen LogP contribution < -0.4 is 11.3 Å². The van der Waals surface area contributed by atoms with Crippen molar-refractivity contribution in [2.75, 3.05) is 12.3 Å². The van der Waals surface area contributed by atoms with Crippen LogP contribution in [0.1, 0.15) is 17.0 Å². The van der Waals surface area contributed by atoms with Gasteiger partial charge < -0.3 is 15.1 Å². The molecule has 0 spiro atoms. The smallest absolute Gasteiger partial charge is 0.270 e. The van der Waals surface area contributed by atoms with Gasteiger partial charge >= 0.3 is 0 Å². The van der Waals surface area contributed by atoms with Crippen molar-refractivity contribution in [3.63, 3.8) is 0 Å². The molecule has 0 aliphatic carbocycles. The maximum Gasteiger partial charge on any atom is 0.270 e. The number of nitrogens with two attached hydrogens (primary N) is 1. The van der Waals surface area contributed by atoms with E-state index < -0.39 is 4.92 Å². The fourth-order valence-electron chi connectivity index (χ4n) is 4.00. The molecule has 3 heterocycles. The summed E-state index contributed by atoms with van der Waals surface area (Å²) in [5.41, 5.74) is 9.20. The number of rotatable bonds is 5. The third-order valence-corrected chi connectivity index (χ3v) is 5.71. The van der Waals surface area contributed by atoms with Gasteiger partial charge in [0.15, 0.2) is 0 Å². The predicted octanol–water partition coefficient (Wildman–Crippen LogP) is 3.75. The Labute approximate surface area is 188 Å². The number of H-pyrrole nitrogens is 1. The molecule has 0 saturated heterocycles. The van der Waals surface area contributed by atoms with E-state index in [2.05, 4.69) is 14.9 Å². The molecule has 0 fully saturated rings. The molecule has 2 aromatic carbocycles. The number of furan rings is 1. The standard InChI is InChI=1S/C24H21N5O4/c25-17-6-4-15(5-7-17)23-26-21-10-11-28(14-20(21)24(30)27-23)13-19-8-9-22(33-19)16-2-1-3-18(12-16)29(31)32/h1-9,12H,10-11,13-14,25H2,(H,26,27,30). The van der Waals surface area contributed by atoms with Crippen molar-refractivity contribution in [1.29, 1.82) is 0 Å². The summed E-state index contributed by atoms with van der Waals surface area (Å²) >= 11 is 0. The number of nitrogen functional groups attached to an aromatic ring is 1. The van der Waals surface area contributed by atoms with Gasteiger partial charge in [-0.05, 0) is 36.4 Å². The van der Waals surface area contributed by atoms with E-state index in [1.165, 1.54) is 12.1 Å². The lowest BCUT2D eigenvalue weighted by Crippen LogP contribution is -2.35. The second-order valence-electron chi connectivity index (χ2n) is 8.00. The van der Waals surface area contributed by atoms with Crippen molar-refractivity contribution in [3.8, 4) is 22.7 Å². The largest absolute Gasteiger partial charge is 0.460 e. The van der Waals surface area contributed by atoms with E-state index in [4.69, 9.17) is 10.2 Å². The Balaban J connectivity index is 1.32. The maximum atomic E-state index is 12.8. The van der Waals surface area contributed by atoms with Crippen LogP contribution >= 0.6 is 0 Å². The highest BCUT2D eigenvalue weighted by atomic mass is 16.6. The van der Waals surface area contributed by atoms with Crippen molar-refractivity contribution >= 4 is 11.4 Å². The van der Waals surface area contributed by atoms with Crippen molar-refractivity contribution in [1.82, 2.24) is 14.9 Å². The molecule has 0 radical (unpaired) electrons. The number of benzene rings is 2. The quantitative estimate of drug-likeness (QED) is 0.273. The topological polar surface area (TPSA) is 131 Å². The lowest BCUT2D eigenvalue weighted by Gasteiger charge is -2.26. The molecule has 166 valence electrons. The van der Waals surface area contributed by atoms with Gasteiger partial charge in [-0.2, -0.15) is 0 Å². The van der Waals surface area contributed by atoms with Crippen LogP contribution in [-0.2, 0) is 19.5 Å². The lowest BCUT2D eigenvalue weighted by molar-refractivity contribution is -0.384. The first-order valence-electron chi connectivity index (χ1n) is 10.5. The Morgan fingerprint density at radius 1 is 1.12 bits per heavy atom. The van der Waals surface area contributed by atoms with Crippen molar-refractivity contribution in [2.45, 2.75) is 19.5 Å². The van der Waals surface area contributed by atoms with E-state index in [-0.39, 0.29) is 11.2 Å². The van der Waals surface area contributed by atoms with E-state index in [1.807, 2.05) is 18.2 Å². The van der Waals surface area contributed by atoms with Gasteiger partial charge in [-0.1, -0.05) is 12.1 Å². The number of nitro benzene ring substituents is 1. The molecule has 0 unspecified atom stereocenters. The third kappa shape index (κ3) is 4.26. The summed E-state index contributed by atoms with van der Waals surface area (Å²) < 4.78 is 5.94. The lowest BCUT2D eigenvalue weighted by atomic mass is 10.1. The summed E-state index contributed by atoms with van der Waals surface area (Å²) in [7, 11) is 0. The second kappa shape index (κ2) is 8.36. The van der Waals surface area contributed by atoms with Gasteiger partial charge in [-0.25, -0.2) is 4.98 Å². The molecule has 5 rings (SSSR count). The normalized spacial score (nSPS) is 13.6. The van der Waals surface area contributed by atoms with E-state index in [0.29, 0.717) is 47.9 Å². The fraction of sp³-hybridized carbons (Fsp3) is 0.167. The summed E-state index contributed by atoms with van der Waals surface area (Å²) in [6.07, 6.45) is 0.652. The minimum atomic E-state index is -0.428. The van der Waals surface area contributed by atoms with Crippen molar-refractivity contribution < 1.29 is 9.34 Å². The Bertz CT molecular complexity index is 1390. The molecule has 0 atom stereocenters. The van der Waals surface area contributed by atoms with Crippen LogP contribution in [0.4, 0.5) is 11.4 Å². The minimum Gasteiger partial charge on any atom is -0.460 e. The van der Waals surface area contributed by atoms with Gasteiger partial charge in [0, 0.05) is 48.5 Å². The van der Waals surface area contributed by atoms with Gasteiger partial charge in [-0.3, -0.25) is 19.8 Å². The minimum absolute atomic E-state index is 0.0168. The molecule has 0 bridgehead atoms. The van der Waals surface area contributed by atoms with Crippen LogP contribution in [0.3, 0.4) is 0 Å². The molecular formula is C24H21N5O4. The number of aromatic amines is 1. The SMILES string of the molecule is Nc1ccc(-c2nc3c(c(=O)[nH]2)CN(Cc2ccc(-c4cccc([N+](=O)[O-])c4)o2)CC3)cc1. The van der Waals surface area contributed by atoms with Gasteiger partial charge in [0.1, 0.15) is 17.3 Å². The van der Waals surface area contributed by atoms with Crippen LogP contribution in [0.2, 0.25) is 0 Å².